The van der Waals surface area contributed by atoms with Crippen LogP contribution < -0.4 is 0 Å². The van der Waals surface area contributed by atoms with E-state index in [0.29, 0.717) is 117 Å². The van der Waals surface area contributed by atoms with Gasteiger partial charge in [0.2, 0.25) is 0 Å². The van der Waals surface area contributed by atoms with E-state index in [0.717, 1.165) is 0 Å². The molecule has 43 heavy (non-hydrogen) atoms. The number of methoxy groups -OCH3 is 3. The summed E-state index contributed by atoms with van der Waals surface area (Å²) in [6, 6.07) is 0.414. The Bertz CT molecular complexity index is 573. The minimum absolute atomic E-state index is 0.177. The van der Waals surface area contributed by atoms with Gasteiger partial charge in [0.25, 0.3) is 0 Å². The molecule has 0 saturated carbocycles. The van der Waals surface area contributed by atoms with Gasteiger partial charge in [-0.2, -0.15) is 0 Å². The van der Waals surface area contributed by atoms with Crippen LogP contribution in [0.25, 0.3) is 0 Å². The molecule has 0 aliphatic rings. The summed E-state index contributed by atoms with van der Waals surface area (Å²) in [6.45, 7) is 12.8. The lowest BCUT2D eigenvalue weighted by molar-refractivity contribution is -0.139. The lowest BCUT2D eigenvalue weighted by Crippen LogP contribution is -2.48. The van der Waals surface area contributed by atoms with Crippen molar-refractivity contribution in [2.24, 2.45) is 0 Å². The minimum Gasteiger partial charge on any atom is -0.462 e. The van der Waals surface area contributed by atoms with Crippen LogP contribution in [0.4, 0.5) is 0 Å². The fourth-order valence-electron chi connectivity index (χ4n) is 3.08. The summed E-state index contributed by atoms with van der Waals surface area (Å²) in [6.07, 6.45) is 0.474. The van der Waals surface area contributed by atoms with E-state index in [-0.39, 0.29) is 26.4 Å². The van der Waals surface area contributed by atoms with Gasteiger partial charge in [0.15, 0.2) is 0 Å². The van der Waals surface area contributed by atoms with Gasteiger partial charge < -0.3 is 60.6 Å². The third kappa shape index (κ3) is 28.2. The molecule has 0 radical (unpaired) electrons. The van der Waals surface area contributed by atoms with Crippen molar-refractivity contribution < 1.29 is 65.4 Å². The topological polar surface area (TPSA) is 137 Å². The van der Waals surface area contributed by atoms with Crippen LogP contribution in [-0.4, -0.2) is 162 Å². The number of hydrogen-bond acceptors (Lipinski definition) is 14. The Morgan fingerprint density at radius 3 is 1.09 bits per heavy atom. The van der Waals surface area contributed by atoms with E-state index >= 15 is 0 Å². The van der Waals surface area contributed by atoms with Crippen molar-refractivity contribution in [2.75, 3.05) is 147 Å². The largest absolute Gasteiger partial charge is 0.501 e. The first-order valence-corrected chi connectivity index (χ1v) is 16.6. The van der Waals surface area contributed by atoms with Crippen LogP contribution in [-0.2, 0) is 65.4 Å². The number of carbonyl (C=O) groups is 1. The molecule has 0 spiro atoms. The van der Waals surface area contributed by atoms with Crippen LogP contribution in [0.2, 0.25) is 6.04 Å². The Hall–Kier alpha value is -1.05. The molecule has 0 saturated heterocycles. The molecule has 256 valence electrons. The smallest absolute Gasteiger partial charge is 0.462 e. The highest BCUT2D eigenvalue weighted by Gasteiger charge is 2.41. The Balaban J connectivity index is 4.92. The molecule has 0 heterocycles. The maximum atomic E-state index is 11.8. The molecule has 0 aliphatic carbocycles. The van der Waals surface area contributed by atoms with Crippen molar-refractivity contribution in [3.8, 4) is 0 Å². The zero-order chi connectivity index (χ0) is 31.7. The van der Waals surface area contributed by atoms with E-state index in [1.54, 1.807) is 28.3 Å². The van der Waals surface area contributed by atoms with Crippen LogP contribution in [0.3, 0.4) is 0 Å². The third-order valence-corrected chi connectivity index (χ3v) is 8.17. The van der Waals surface area contributed by atoms with Crippen molar-refractivity contribution in [2.45, 2.75) is 19.4 Å². The molecule has 14 nitrogen and oxygen atoms in total. The highest BCUT2D eigenvalue weighted by molar-refractivity contribution is 6.60. The molecule has 0 unspecified atom stereocenters. The fourth-order valence-corrected chi connectivity index (χ4v) is 5.52. The quantitative estimate of drug-likeness (QED) is 0.0427. The van der Waals surface area contributed by atoms with E-state index in [1.807, 2.05) is 0 Å². The molecular weight excluding hydrogens is 588 g/mol. The van der Waals surface area contributed by atoms with Gasteiger partial charge in [-0.3, -0.25) is 0 Å². The standard InChI is InChI=1S/C28H56O14Si/c1-27(2)28(29)39-7-6-26-43(40-23-20-36-17-14-33-11-8-30-3,41-24-21-37-18-15-34-12-9-31-4)42-25-22-38-19-16-35-13-10-32-5/h1,6-26H2,2-5H3. The Labute approximate surface area is 258 Å². The average molecular weight is 645 g/mol. The van der Waals surface area contributed by atoms with Crippen LogP contribution >= 0.6 is 0 Å². The summed E-state index contributed by atoms with van der Waals surface area (Å²) in [7, 11) is 1.62. The molecular formula is C28H56O14Si. The fraction of sp³-hybridized carbons (Fsp3) is 0.893. The summed E-state index contributed by atoms with van der Waals surface area (Å²) in [5.41, 5.74) is 0.335. The van der Waals surface area contributed by atoms with E-state index in [2.05, 4.69) is 6.58 Å². The highest BCUT2D eigenvalue weighted by atomic mass is 28.4. The first-order valence-electron chi connectivity index (χ1n) is 14.7. The molecule has 0 fully saturated rings. The molecule has 0 atom stereocenters. The molecule has 0 bridgehead atoms. The van der Waals surface area contributed by atoms with Gasteiger partial charge in [0.1, 0.15) is 0 Å². The second kappa shape index (κ2) is 32.3. The maximum absolute atomic E-state index is 11.8. The van der Waals surface area contributed by atoms with Crippen LogP contribution in [0.5, 0.6) is 0 Å². The molecule has 0 N–H and O–H groups in total. The minimum atomic E-state index is -3.25. The molecule has 15 heteroatoms. The number of ether oxygens (including phenoxy) is 10. The second-order valence-corrected chi connectivity index (χ2v) is 11.6. The number of rotatable bonds is 35. The Morgan fingerprint density at radius 1 is 0.488 bits per heavy atom. The van der Waals surface area contributed by atoms with Crippen molar-refractivity contribution in [3.63, 3.8) is 0 Å². The SMILES string of the molecule is C=C(C)C(=O)OCCC[Si](OCCOCCOCCOC)(OCCOCCOCCOC)OCCOCCOCCOC. The van der Waals surface area contributed by atoms with Crippen LogP contribution in [0.1, 0.15) is 13.3 Å². The van der Waals surface area contributed by atoms with Crippen LogP contribution in [0, 0.1) is 0 Å². The van der Waals surface area contributed by atoms with Gasteiger partial charge in [-0.15, -0.1) is 0 Å². The summed E-state index contributed by atoms with van der Waals surface area (Å²) in [5, 5.41) is 0. The predicted molar refractivity (Wildman–Crippen MR) is 159 cm³/mol. The van der Waals surface area contributed by atoms with Gasteiger partial charge in [0, 0.05) is 32.9 Å². The van der Waals surface area contributed by atoms with E-state index in [9.17, 15) is 4.79 Å². The Kier molecular flexibility index (Phi) is 31.6. The molecule has 0 aromatic heterocycles. The molecule has 0 aromatic carbocycles. The highest BCUT2D eigenvalue weighted by Crippen LogP contribution is 2.19. The van der Waals surface area contributed by atoms with Crippen molar-refractivity contribution >= 4 is 14.8 Å². The lowest BCUT2D eigenvalue weighted by Gasteiger charge is -2.30. The summed E-state index contributed by atoms with van der Waals surface area (Å²) < 4.78 is 72.0. The van der Waals surface area contributed by atoms with Gasteiger partial charge >= 0.3 is 14.8 Å². The number of carbonyl (C=O) groups excluding carboxylic acids is 1. The predicted octanol–water partition coefficient (Wildman–Crippen LogP) is 1.52. The number of esters is 1. The third-order valence-electron chi connectivity index (χ3n) is 5.27. The molecule has 0 amide bonds. The molecule has 0 rings (SSSR count). The first-order chi connectivity index (χ1) is 21.0. The van der Waals surface area contributed by atoms with E-state index in [4.69, 9.17) is 60.6 Å². The maximum Gasteiger partial charge on any atom is 0.501 e. The summed E-state index contributed by atoms with van der Waals surface area (Å²) in [5.74, 6) is -0.446. The zero-order valence-electron chi connectivity index (χ0n) is 26.8. The van der Waals surface area contributed by atoms with Gasteiger partial charge in [-0.25, -0.2) is 4.79 Å². The van der Waals surface area contributed by atoms with Gasteiger partial charge in [-0.05, 0) is 13.3 Å². The zero-order valence-corrected chi connectivity index (χ0v) is 27.8. The van der Waals surface area contributed by atoms with Gasteiger partial charge in [0.05, 0.1) is 126 Å². The normalized spacial score (nSPS) is 11.7. The van der Waals surface area contributed by atoms with Crippen molar-refractivity contribution in [1.82, 2.24) is 0 Å². The summed E-state index contributed by atoms with van der Waals surface area (Å²) in [4.78, 5) is 11.8. The Morgan fingerprint density at radius 2 is 0.791 bits per heavy atom. The molecule has 0 aliphatic heterocycles. The lowest BCUT2D eigenvalue weighted by atomic mass is 10.4. The van der Waals surface area contributed by atoms with Crippen molar-refractivity contribution in [1.29, 1.82) is 0 Å². The molecule has 0 aromatic rings. The number of hydrogen-bond donors (Lipinski definition) is 0. The average Bonchev–Trinajstić information content (AvgIpc) is 3.00. The first kappa shape index (κ1) is 41.9. The monoisotopic (exact) mass is 644 g/mol. The van der Waals surface area contributed by atoms with Crippen molar-refractivity contribution in [3.05, 3.63) is 12.2 Å². The second-order valence-electron chi connectivity index (χ2n) is 8.90. The van der Waals surface area contributed by atoms with E-state index < -0.39 is 14.8 Å². The van der Waals surface area contributed by atoms with E-state index in [1.165, 1.54) is 0 Å². The van der Waals surface area contributed by atoms with Crippen LogP contribution in [0.15, 0.2) is 12.2 Å². The summed E-state index contributed by atoms with van der Waals surface area (Å²) >= 11 is 0. The van der Waals surface area contributed by atoms with Gasteiger partial charge in [-0.1, -0.05) is 6.58 Å².